The number of ether oxygens (including phenoxy) is 2. The van der Waals surface area contributed by atoms with Gasteiger partial charge in [0.15, 0.2) is 0 Å². The van der Waals surface area contributed by atoms with E-state index in [0.29, 0.717) is 35.5 Å². The average Bonchev–Trinajstić information content (AvgIpc) is 2.77. The largest absolute Gasteiger partial charge is 0.487 e. The highest BCUT2D eigenvalue weighted by atomic mass is 16.5. The Morgan fingerprint density at radius 2 is 1.09 bits per heavy atom. The highest BCUT2D eigenvalue weighted by Crippen LogP contribution is 2.59. The number of fused-ring (bicyclic) bond motifs is 11. The minimum absolute atomic E-state index is 0.0178. The molecule has 2 heterocycles. The molecule has 2 aromatic rings. The molecule has 6 atom stereocenters. The lowest BCUT2D eigenvalue weighted by Crippen LogP contribution is -2.50. The third-order valence-corrected chi connectivity index (χ3v) is 10.2. The molecule has 2 aliphatic heterocycles. The predicted octanol–water partition coefficient (Wildman–Crippen LogP) is 8.22. The maximum Gasteiger partial charge on any atom is 0.124 e. The Hall–Kier alpha value is -1.70. The quantitative estimate of drug-likeness (QED) is 0.476. The molecule has 0 aromatic heterocycles. The molecular formula is C30H40O2. The van der Waals surface area contributed by atoms with E-state index in [4.69, 9.17) is 9.47 Å². The Bertz CT molecular complexity index is 983. The molecule has 6 rings (SSSR count). The smallest absolute Gasteiger partial charge is 0.124 e. The number of benzene rings is 2. The summed E-state index contributed by atoms with van der Waals surface area (Å²) < 4.78 is 13.7. The van der Waals surface area contributed by atoms with Crippen LogP contribution in [0.4, 0.5) is 0 Å². The third-order valence-electron chi connectivity index (χ3n) is 10.2. The highest BCUT2D eigenvalue weighted by Gasteiger charge is 2.51. The predicted molar refractivity (Wildman–Crippen MR) is 132 cm³/mol. The highest BCUT2D eigenvalue weighted by molar-refractivity contribution is 5.93. The van der Waals surface area contributed by atoms with Gasteiger partial charge in [-0.2, -0.15) is 0 Å². The van der Waals surface area contributed by atoms with Gasteiger partial charge in [-0.1, -0.05) is 53.7 Å². The van der Waals surface area contributed by atoms with E-state index in [-0.39, 0.29) is 11.2 Å². The summed E-state index contributed by atoms with van der Waals surface area (Å²) in [5, 5.41) is 2.85. The Morgan fingerprint density at radius 1 is 0.688 bits per heavy atom. The molecule has 0 amide bonds. The van der Waals surface area contributed by atoms with Crippen molar-refractivity contribution in [3.8, 4) is 11.5 Å². The van der Waals surface area contributed by atoms with Crippen molar-refractivity contribution in [1.29, 1.82) is 0 Å². The molecule has 2 aliphatic carbocycles. The lowest BCUT2D eigenvalue weighted by Gasteiger charge is -2.52. The third kappa shape index (κ3) is 2.71. The van der Waals surface area contributed by atoms with Gasteiger partial charge >= 0.3 is 0 Å². The van der Waals surface area contributed by atoms with E-state index in [2.05, 4.69) is 65.8 Å². The van der Waals surface area contributed by atoms with E-state index in [0.717, 1.165) is 11.5 Å². The van der Waals surface area contributed by atoms with E-state index in [1.807, 2.05) is 0 Å². The van der Waals surface area contributed by atoms with Crippen LogP contribution in [0.2, 0.25) is 0 Å². The molecule has 2 saturated carbocycles. The monoisotopic (exact) mass is 432 g/mol. The second-order valence-corrected chi connectivity index (χ2v) is 12.3. The molecule has 0 spiro atoms. The molecule has 4 bridgehead atoms. The van der Waals surface area contributed by atoms with Crippen molar-refractivity contribution in [1.82, 2.24) is 0 Å². The van der Waals surface area contributed by atoms with Gasteiger partial charge in [0.25, 0.3) is 0 Å². The Balaban J connectivity index is 1.54. The molecule has 2 heteroatoms. The van der Waals surface area contributed by atoms with E-state index < -0.39 is 0 Å². The first-order valence-corrected chi connectivity index (χ1v) is 13.2. The normalized spacial score (nSPS) is 37.6. The van der Waals surface area contributed by atoms with Crippen molar-refractivity contribution in [3.63, 3.8) is 0 Å². The summed E-state index contributed by atoms with van der Waals surface area (Å²) in [5.41, 5.74) is 3.00. The van der Waals surface area contributed by atoms with Crippen LogP contribution in [0.15, 0.2) is 24.3 Å². The first kappa shape index (κ1) is 20.9. The van der Waals surface area contributed by atoms with Gasteiger partial charge < -0.3 is 9.47 Å². The van der Waals surface area contributed by atoms with Crippen molar-refractivity contribution in [2.75, 3.05) is 0 Å². The van der Waals surface area contributed by atoms with Gasteiger partial charge in [0.05, 0.1) is 0 Å². The molecule has 0 saturated heterocycles. The number of hydrogen-bond acceptors (Lipinski definition) is 2. The van der Waals surface area contributed by atoms with Gasteiger partial charge in [-0.05, 0) is 96.9 Å². The van der Waals surface area contributed by atoms with Crippen molar-refractivity contribution in [2.45, 2.75) is 103 Å². The fourth-order valence-electron chi connectivity index (χ4n) is 7.73. The lowest BCUT2D eigenvalue weighted by atomic mass is 9.62. The van der Waals surface area contributed by atoms with E-state index in [1.165, 1.54) is 60.4 Å². The van der Waals surface area contributed by atoms with E-state index in [1.54, 1.807) is 0 Å². The zero-order valence-corrected chi connectivity index (χ0v) is 20.8. The van der Waals surface area contributed by atoms with Gasteiger partial charge in [-0.25, -0.2) is 0 Å². The molecule has 0 unspecified atom stereocenters. The first-order chi connectivity index (χ1) is 15.2. The lowest BCUT2D eigenvalue weighted by molar-refractivity contribution is -0.0475. The van der Waals surface area contributed by atoms with E-state index >= 15 is 0 Å². The average molecular weight is 433 g/mol. The van der Waals surface area contributed by atoms with Crippen LogP contribution in [0.5, 0.6) is 11.5 Å². The Morgan fingerprint density at radius 3 is 1.47 bits per heavy atom. The van der Waals surface area contributed by atoms with Crippen LogP contribution in [0, 0.1) is 23.7 Å². The van der Waals surface area contributed by atoms with Crippen LogP contribution in [-0.4, -0.2) is 11.2 Å². The fourth-order valence-corrected chi connectivity index (χ4v) is 7.73. The van der Waals surface area contributed by atoms with Gasteiger partial charge in [-0.3, -0.25) is 0 Å². The molecule has 172 valence electrons. The van der Waals surface area contributed by atoms with Gasteiger partial charge in [0.1, 0.15) is 22.7 Å². The zero-order valence-electron chi connectivity index (χ0n) is 20.8. The van der Waals surface area contributed by atoms with E-state index in [9.17, 15) is 0 Å². The second-order valence-electron chi connectivity index (χ2n) is 12.3. The number of hydrogen-bond donors (Lipinski definition) is 0. The number of rotatable bonds is 2. The molecule has 0 radical (unpaired) electrons. The Labute approximate surface area is 194 Å². The summed E-state index contributed by atoms with van der Waals surface area (Å²) in [4.78, 5) is 0. The maximum atomic E-state index is 6.87. The summed E-state index contributed by atoms with van der Waals surface area (Å²) in [7, 11) is 0. The van der Waals surface area contributed by atoms with Crippen molar-refractivity contribution in [3.05, 3.63) is 35.4 Å². The zero-order chi connectivity index (χ0) is 22.4. The maximum absolute atomic E-state index is 6.87. The van der Waals surface area contributed by atoms with Crippen LogP contribution in [0.3, 0.4) is 0 Å². The first-order valence-electron chi connectivity index (χ1n) is 13.2. The molecule has 0 N–H and O–H groups in total. The summed E-state index contributed by atoms with van der Waals surface area (Å²) in [6.07, 6.45) is 7.25. The van der Waals surface area contributed by atoms with Crippen LogP contribution < -0.4 is 9.47 Å². The van der Waals surface area contributed by atoms with Crippen molar-refractivity contribution in [2.24, 2.45) is 23.7 Å². The molecular weight excluding hydrogens is 392 g/mol. The van der Waals surface area contributed by atoms with Crippen molar-refractivity contribution < 1.29 is 9.47 Å². The van der Waals surface area contributed by atoms with Crippen LogP contribution in [0.25, 0.3) is 10.8 Å². The molecule has 2 fully saturated rings. The SMILES string of the molecule is CC(C)[C@]12CC[C@H](C)[C@H](C1)c1c(ccc3c4c(ccc13)O[C@]1(C(C)C)CC[C@@H](C)[C@H]4C1)O2. The minimum atomic E-state index is 0.0178. The second kappa shape index (κ2) is 6.90. The standard InChI is InChI=1S/C30H40O2/c1-17(2)29-13-11-19(5)23(15-29)27-21-8-10-26-28(22(21)7-9-25(27)31-29)24-16-30(32-26,18(3)4)14-12-20(24)6/h7-10,17-20,23-24H,11-16H2,1-6H3/t19-,20+,23-,24+,29-,30+. The van der Waals surface area contributed by atoms with Gasteiger partial charge in [0.2, 0.25) is 0 Å². The fraction of sp³-hybridized carbons (Fsp3) is 0.667. The molecule has 2 nitrogen and oxygen atoms in total. The molecule has 2 aromatic carbocycles. The van der Waals surface area contributed by atoms with Gasteiger partial charge in [0, 0.05) is 11.1 Å². The molecule has 32 heavy (non-hydrogen) atoms. The molecule has 4 aliphatic rings. The summed E-state index contributed by atoms with van der Waals surface area (Å²) in [5.74, 6) is 6.02. The summed E-state index contributed by atoms with van der Waals surface area (Å²) in [6, 6.07) is 9.33. The minimum Gasteiger partial charge on any atom is -0.487 e. The van der Waals surface area contributed by atoms with Crippen LogP contribution in [-0.2, 0) is 0 Å². The summed E-state index contributed by atoms with van der Waals surface area (Å²) in [6.45, 7) is 14.3. The topological polar surface area (TPSA) is 18.5 Å². The Kier molecular flexibility index (Phi) is 4.50. The van der Waals surface area contributed by atoms with Crippen molar-refractivity contribution >= 4 is 10.8 Å². The summed E-state index contributed by atoms with van der Waals surface area (Å²) >= 11 is 0. The van der Waals surface area contributed by atoms with Gasteiger partial charge in [-0.15, -0.1) is 0 Å². The van der Waals surface area contributed by atoms with Crippen LogP contribution >= 0.6 is 0 Å². The van der Waals surface area contributed by atoms with Crippen LogP contribution in [0.1, 0.15) is 103 Å².